The number of nitrogens with zero attached hydrogens (tertiary/aromatic N) is 1. The van der Waals surface area contributed by atoms with E-state index in [1.807, 2.05) is 6.07 Å². The molecule has 0 aliphatic rings. The van der Waals surface area contributed by atoms with Crippen LogP contribution in [0.4, 0.5) is 5.69 Å². The number of benzene rings is 2. The highest BCUT2D eigenvalue weighted by Crippen LogP contribution is 2.23. The van der Waals surface area contributed by atoms with Crippen LogP contribution in [0.1, 0.15) is 18.1 Å². The van der Waals surface area contributed by atoms with Gasteiger partial charge in [-0.2, -0.15) is 5.26 Å². The number of ether oxygens (including phenoxy) is 1. The topological polar surface area (TPSA) is 79.2 Å². The molecule has 0 fully saturated rings. The van der Waals surface area contributed by atoms with Crippen LogP contribution in [0.2, 0.25) is 10.0 Å². The molecule has 0 radical (unpaired) electrons. The number of hydrogen-bond acceptors (Lipinski definition) is 4. The van der Waals surface area contributed by atoms with Crippen molar-refractivity contribution < 1.29 is 14.3 Å². The molecule has 5 nitrogen and oxygen atoms in total. The number of anilines is 1. The minimum absolute atomic E-state index is 0.0293. The fourth-order valence-corrected chi connectivity index (χ4v) is 2.34. The average molecular weight is 377 g/mol. The van der Waals surface area contributed by atoms with E-state index in [9.17, 15) is 9.59 Å². The van der Waals surface area contributed by atoms with Gasteiger partial charge in [-0.25, -0.2) is 0 Å². The molecule has 0 saturated heterocycles. The van der Waals surface area contributed by atoms with Gasteiger partial charge in [-0.3, -0.25) is 9.59 Å². The zero-order chi connectivity index (χ0) is 18.4. The molecule has 2 rings (SSSR count). The average Bonchev–Trinajstić information content (AvgIpc) is 2.58. The van der Waals surface area contributed by atoms with Gasteiger partial charge in [-0.15, -0.1) is 0 Å². The first-order valence-corrected chi connectivity index (χ1v) is 8.09. The predicted octanol–water partition coefficient (Wildman–Crippen LogP) is 3.98. The Morgan fingerprint density at radius 1 is 1.20 bits per heavy atom. The van der Waals surface area contributed by atoms with Crippen LogP contribution < -0.4 is 5.32 Å². The highest BCUT2D eigenvalue weighted by Gasteiger charge is 2.18. The molecule has 0 spiro atoms. The number of esters is 1. The standard InChI is InChI=1S/C18H14Cl2N2O3/c1-11(18(24)22-14-4-2-3-13(7-14)10-21)25-17(23)9-12-5-6-15(19)16(20)8-12/h2-8,11H,9H2,1H3,(H,22,24)/t11-/m1/s1. The molecule has 1 N–H and O–H groups in total. The van der Waals surface area contributed by atoms with Gasteiger partial charge in [0.15, 0.2) is 6.10 Å². The fourth-order valence-electron chi connectivity index (χ4n) is 2.02. The smallest absolute Gasteiger partial charge is 0.311 e. The van der Waals surface area contributed by atoms with E-state index < -0.39 is 18.0 Å². The zero-order valence-electron chi connectivity index (χ0n) is 13.3. The van der Waals surface area contributed by atoms with Crippen molar-refractivity contribution in [3.05, 3.63) is 63.6 Å². The lowest BCUT2D eigenvalue weighted by Crippen LogP contribution is -2.30. The van der Waals surface area contributed by atoms with Crippen LogP contribution in [0.3, 0.4) is 0 Å². The van der Waals surface area contributed by atoms with Crippen molar-refractivity contribution in [2.75, 3.05) is 5.32 Å². The number of hydrogen-bond donors (Lipinski definition) is 1. The van der Waals surface area contributed by atoms with E-state index in [1.54, 1.807) is 36.4 Å². The van der Waals surface area contributed by atoms with Crippen LogP contribution in [-0.4, -0.2) is 18.0 Å². The van der Waals surface area contributed by atoms with Crippen LogP contribution in [0.15, 0.2) is 42.5 Å². The Hall–Kier alpha value is -2.55. The number of halogens is 2. The third kappa shape index (κ3) is 5.49. The second-order valence-electron chi connectivity index (χ2n) is 5.24. The van der Waals surface area contributed by atoms with Crippen LogP contribution >= 0.6 is 23.2 Å². The summed E-state index contributed by atoms with van der Waals surface area (Å²) in [5, 5.41) is 12.2. The third-order valence-electron chi connectivity index (χ3n) is 3.27. The minimum atomic E-state index is -0.985. The summed E-state index contributed by atoms with van der Waals surface area (Å²) in [6, 6.07) is 13.2. The quantitative estimate of drug-likeness (QED) is 0.800. The van der Waals surface area contributed by atoms with Crippen molar-refractivity contribution >= 4 is 40.8 Å². The summed E-state index contributed by atoms with van der Waals surface area (Å²) < 4.78 is 5.12. The van der Waals surface area contributed by atoms with Crippen molar-refractivity contribution in [3.63, 3.8) is 0 Å². The molecule has 128 valence electrons. The summed E-state index contributed by atoms with van der Waals surface area (Å²) >= 11 is 11.7. The Balaban J connectivity index is 1.92. The van der Waals surface area contributed by atoms with Crippen molar-refractivity contribution in [2.45, 2.75) is 19.4 Å². The van der Waals surface area contributed by atoms with Crippen LogP contribution in [0, 0.1) is 11.3 Å². The lowest BCUT2D eigenvalue weighted by Gasteiger charge is -2.14. The van der Waals surface area contributed by atoms with Gasteiger partial charge >= 0.3 is 5.97 Å². The van der Waals surface area contributed by atoms with Crippen LogP contribution in [0.5, 0.6) is 0 Å². The van der Waals surface area contributed by atoms with Crippen molar-refractivity contribution in [1.82, 2.24) is 0 Å². The van der Waals surface area contributed by atoms with Gasteiger partial charge < -0.3 is 10.1 Å². The summed E-state index contributed by atoms with van der Waals surface area (Å²) in [4.78, 5) is 24.0. The van der Waals surface area contributed by atoms with Gasteiger partial charge in [0.2, 0.25) is 0 Å². The fraction of sp³-hybridized carbons (Fsp3) is 0.167. The molecule has 0 bridgehead atoms. The lowest BCUT2D eigenvalue weighted by atomic mass is 10.1. The molecule has 7 heteroatoms. The van der Waals surface area contributed by atoms with Gasteiger partial charge in [0.25, 0.3) is 5.91 Å². The first-order valence-electron chi connectivity index (χ1n) is 7.33. The molecule has 1 amide bonds. The maximum Gasteiger partial charge on any atom is 0.311 e. The number of rotatable bonds is 5. The van der Waals surface area contributed by atoms with Crippen LogP contribution in [0.25, 0.3) is 0 Å². The molecule has 0 aliphatic heterocycles. The second kappa shape index (κ2) is 8.52. The second-order valence-corrected chi connectivity index (χ2v) is 6.05. The van der Waals surface area contributed by atoms with E-state index in [-0.39, 0.29) is 6.42 Å². The maximum absolute atomic E-state index is 12.1. The molecule has 0 heterocycles. The molecule has 0 aliphatic carbocycles. The van der Waals surface area contributed by atoms with E-state index >= 15 is 0 Å². The third-order valence-corrected chi connectivity index (χ3v) is 4.01. The van der Waals surface area contributed by atoms with Crippen molar-refractivity contribution in [2.24, 2.45) is 0 Å². The van der Waals surface area contributed by atoms with E-state index in [2.05, 4.69) is 5.32 Å². The molecule has 0 unspecified atom stereocenters. The predicted molar refractivity (Wildman–Crippen MR) is 95.5 cm³/mol. The lowest BCUT2D eigenvalue weighted by molar-refractivity contribution is -0.152. The minimum Gasteiger partial charge on any atom is -0.452 e. The molecular weight excluding hydrogens is 363 g/mol. The highest BCUT2D eigenvalue weighted by molar-refractivity contribution is 6.42. The van der Waals surface area contributed by atoms with Crippen molar-refractivity contribution in [3.8, 4) is 6.07 Å². The summed E-state index contributed by atoms with van der Waals surface area (Å²) in [7, 11) is 0. The SMILES string of the molecule is C[C@@H](OC(=O)Cc1ccc(Cl)c(Cl)c1)C(=O)Nc1cccc(C#N)c1. The van der Waals surface area contributed by atoms with Crippen LogP contribution in [-0.2, 0) is 20.7 Å². The Labute approximate surface area is 155 Å². The van der Waals surface area contributed by atoms with E-state index in [0.29, 0.717) is 26.9 Å². The van der Waals surface area contributed by atoms with Gasteiger partial charge in [0, 0.05) is 5.69 Å². The Morgan fingerprint density at radius 3 is 2.64 bits per heavy atom. The Bertz CT molecular complexity index is 846. The molecule has 2 aromatic rings. The largest absolute Gasteiger partial charge is 0.452 e. The molecule has 0 aromatic heterocycles. The van der Waals surface area contributed by atoms with Gasteiger partial charge in [-0.05, 0) is 42.8 Å². The number of carbonyl (C=O) groups excluding carboxylic acids is 2. The number of nitrogens with one attached hydrogen (secondary N) is 1. The summed E-state index contributed by atoms with van der Waals surface area (Å²) in [5.74, 6) is -1.05. The molecule has 2 aromatic carbocycles. The summed E-state index contributed by atoms with van der Waals surface area (Å²) in [6.07, 6.45) is -1.01. The number of nitriles is 1. The number of carbonyl (C=O) groups is 2. The van der Waals surface area contributed by atoms with Gasteiger partial charge in [0.1, 0.15) is 0 Å². The Kier molecular flexibility index (Phi) is 6.40. The monoisotopic (exact) mass is 376 g/mol. The van der Waals surface area contributed by atoms with Gasteiger partial charge in [-0.1, -0.05) is 35.3 Å². The summed E-state index contributed by atoms with van der Waals surface area (Å²) in [5.41, 5.74) is 1.51. The Morgan fingerprint density at radius 2 is 1.96 bits per heavy atom. The molecular formula is C18H14Cl2N2O3. The van der Waals surface area contributed by atoms with E-state index in [0.717, 1.165) is 0 Å². The van der Waals surface area contributed by atoms with E-state index in [1.165, 1.54) is 13.0 Å². The first-order chi connectivity index (χ1) is 11.9. The van der Waals surface area contributed by atoms with E-state index in [4.69, 9.17) is 33.2 Å². The summed E-state index contributed by atoms with van der Waals surface area (Å²) in [6.45, 7) is 1.47. The molecule has 25 heavy (non-hydrogen) atoms. The van der Waals surface area contributed by atoms with Gasteiger partial charge in [0.05, 0.1) is 28.1 Å². The maximum atomic E-state index is 12.1. The normalized spacial score (nSPS) is 11.3. The number of amides is 1. The highest BCUT2D eigenvalue weighted by atomic mass is 35.5. The molecule has 1 atom stereocenters. The molecule has 0 saturated carbocycles. The zero-order valence-corrected chi connectivity index (χ0v) is 14.8. The van der Waals surface area contributed by atoms with Crippen molar-refractivity contribution in [1.29, 1.82) is 5.26 Å². The first kappa shape index (κ1) is 18.8.